The maximum atomic E-state index is 11.9. The Balaban J connectivity index is 2.06. The fourth-order valence-electron chi connectivity index (χ4n) is 1.84. The molecular weight excluding hydrogens is 268 g/mol. The minimum Gasteiger partial charge on any atom is -0.399 e. The molecule has 1 saturated carbocycles. The Morgan fingerprint density at radius 3 is 3.00 bits per heavy atom. The Morgan fingerprint density at radius 1 is 1.62 bits per heavy atom. The van der Waals surface area contributed by atoms with Crippen molar-refractivity contribution in [2.24, 2.45) is 5.92 Å². The van der Waals surface area contributed by atoms with Gasteiger partial charge in [0.1, 0.15) is 0 Å². The maximum Gasteiger partial charge on any atom is 0.252 e. The summed E-state index contributed by atoms with van der Waals surface area (Å²) in [6.45, 7) is 2.15. The lowest BCUT2D eigenvalue weighted by Gasteiger charge is -2.07. The number of rotatable bonds is 3. The summed E-state index contributed by atoms with van der Waals surface area (Å²) >= 11 is 3.36. The predicted octanol–water partition coefficient (Wildman–Crippen LogP) is 2.56. The predicted molar refractivity (Wildman–Crippen MR) is 68.2 cm³/mol. The van der Waals surface area contributed by atoms with Crippen molar-refractivity contribution >= 4 is 27.5 Å². The first-order valence-electron chi connectivity index (χ1n) is 5.47. The molecule has 3 N–H and O–H groups in total. The zero-order chi connectivity index (χ0) is 11.7. The number of carbonyl (C=O) groups is 1. The van der Waals surface area contributed by atoms with Crippen molar-refractivity contribution < 1.29 is 4.79 Å². The minimum atomic E-state index is -0.0416. The third kappa shape index (κ3) is 2.38. The van der Waals surface area contributed by atoms with Crippen LogP contribution in [0.5, 0.6) is 0 Å². The fraction of sp³-hybridized carbons (Fsp3) is 0.417. The van der Waals surface area contributed by atoms with Crippen LogP contribution in [-0.2, 0) is 0 Å². The summed E-state index contributed by atoms with van der Waals surface area (Å²) in [6.07, 6.45) is 2.23. The molecule has 0 heterocycles. The van der Waals surface area contributed by atoms with E-state index < -0.39 is 0 Å². The van der Waals surface area contributed by atoms with Gasteiger partial charge in [-0.2, -0.15) is 0 Å². The summed E-state index contributed by atoms with van der Waals surface area (Å²) in [4.78, 5) is 11.9. The molecule has 4 heteroatoms. The molecule has 3 nitrogen and oxygen atoms in total. The Labute approximate surface area is 104 Å². The highest BCUT2D eigenvalue weighted by Crippen LogP contribution is 2.33. The molecule has 0 bridgehead atoms. The summed E-state index contributed by atoms with van der Waals surface area (Å²) in [7, 11) is 0. The van der Waals surface area contributed by atoms with Crippen LogP contribution in [0.25, 0.3) is 0 Å². The van der Waals surface area contributed by atoms with Crippen LogP contribution in [0, 0.1) is 5.92 Å². The van der Waals surface area contributed by atoms with Gasteiger partial charge in [0, 0.05) is 16.2 Å². The molecule has 1 aromatic rings. The number of anilines is 1. The zero-order valence-corrected chi connectivity index (χ0v) is 10.8. The average Bonchev–Trinajstić information content (AvgIpc) is 3.00. The van der Waals surface area contributed by atoms with Crippen LogP contribution in [-0.4, -0.2) is 11.9 Å². The lowest BCUT2D eigenvalue weighted by Crippen LogP contribution is -2.27. The summed E-state index contributed by atoms with van der Waals surface area (Å²) in [6, 6.07) is 5.62. The largest absolute Gasteiger partial charge is 0.399 e. The lowest BCUT2D eigenvalue weighted by molar-refractivity contribution is 0.0948. The van der Waals surface area contributed by atoms with Gasteiger partial charge >= 0.3 is 0 Å². The Hall–Kier alpha value is -1.03. The van der Waals surface area contributed by atoms with Gasteiger partial charge in [0.2, 0.25) is 0 Å². The van der Waals surface area contributed by atoms with Gasteiger partial charge in [0.25, 0.3) is 5.91 Å². The minimum absolute atomic E-state index is 0.0416. The molecule has 0 aromatic heterocycles. The third-order valence-electron chi connectivity index (χ3n) is 3.00. The van der Waals surface area contributed by atoms with Gasteiger partial charge < -0.3 is 11.1 Å². The number of halogens is 1. The topological polar surface area (TPSA) is 55.1 Å². The monoisotopic (exact) mass is 282 g/mol. The summed E-state index contributed by atoms with van der Waals surface area (Å²) in [5, 5.41) is 3.01. The van der Waals surface area contributed by atoms with Crippen LogP contribution in [0.2, 0.25) is 0 Å². The Kier molecular flexibility index (Phi) is 3.19. The molecule has 0 aliphatic heterocycles. The van der Waals surface area contributed by atoms with E-state index in [4.69, 9.17) is 5.73 Å². The SMILES string of the molecule is CCC1CC1NC(=O)c1cc(N)ccc1Br. The highest BCUT2D eigenvalue weighted by atomic mass is 79.9. The van der Waals surface area contributed by atoms with Crippen LogP contribution < -0.4 is 11.1 Å². The van der Waals surface area contributed by atoms with E-state index in [-0.39, 0.29) is 5.91 Å². The van der Waals surface area contributed by atoms with E-state index >= 15 is 0 Å². The number of amides is 1. The molecule has 2 rings (SSSR count). The van der Waals surface area contributed by atoms with Crippen LogP contribution in [0.15, 0.2) is 22.7 Å². The second kappa shape index (κ2) is 4.45. The number of carbonyl (C=O) groups excluding carboxylic acids is 1. The number of hydrogen-bond acceptors (Lipinski definition) is 2. The normalized spacial score (nSPS) is 22.9. The molecular formula is C12H15BrN2O. The molecule has 1 aliphatic carbocycles. The molecule has 2 atom stereocenters. The smallest absolute Gasteiger partial charge is 0.252 e. The molecule has 1 aliphatic rings. The van der Waals surface area contributed by atoms with Crippen LogP contribution in [0.4, 0.5) is 5.69 Å². The average molecular weight is 283 g/mol. The molecule has 1 amide bonds. The molecule has 86 valence electrons. The van der Waals surface area contributed by atoms with E-state index in [1.807, 2.05) is 0 Å². The lowest BCUT2D eigenvalue weighted by atomic mass is 10.2. The first kappa shape index (κ1) is 11.5. The van der Waals surface area contributed by atoms with Gasteiger partial charge in [-0.15, -0.1) is 0 Å². The standard InChI is InChI=1S/C12H15BrN2O/c1-2-7-5-11(7)15-12(16)9-6-8(14)3-4-10(9)13/h3-4,6-7,11H,2,5,14H2,1H3,(H,15,16). The van der Waals surface area contributed by atoms with Crippen molar-refractivity contribution in [1.82, 2.24) is 5.32 Å². The van der Waals surface area contributed by atoms with Gasteiger partial charge in [-0.25, -0.2) is 0 Å². The van der Waals surface area contributed by atoms with E-state index in [0.29, 0.717) is 23.2 Å². The van der Waals surface area contributed by atoms with E-state index in [1.54, 1.807) is 18.2 Å². The second-order valence-electron chi connectivity index (χ2n) is 4.22. The Bertz CT molecular complexity index is 419. The van der Waals surface area contributed by atoms with Crippen molar-refractivity contribution in [2.45, 2.75) is 25.8 Å². The van der Waals surface area contributed by atoms with Crippen LogP contribution >= 0.6 is 15.9 Å². The Morgan fingerprint density at radius 2 is 2.38 bits per heavy atom. The number of hydrogen-bond donors (Lipinski definition) is 2. The van der Waals surface area contributed by atoms with Gasteiger partial charge in [-0.3, -0.25) is 4.79 Å². The van der Waals surface area contributed by atoms with E-state index in [1.165, 1.54) is 0 Å². The number of nitrogens with two attached hydrogens (primary N) is 1. The van der Waals surface area contributed by atoms with Crippen LogP contribution in [0.3, 0.4) is 0 Å². The number of nitrogens with one attached hydrogen (secondary N) is 1. The molecule has 16 heavy (non-hydrogen) atoms. The van der Waals surface area contributed by atoms with Gasteiger partial charge in [-0.1, -0.05) is 13.3 Å². The van der Waals surface area contributed by atoms with Crippen molar-refractivity contribution in [3.63, 3.8) is 0 Å². The zero-order valence-electron chi connectivity index (χ0n) is 9.16. The maximum absolute atomic E-state index is 11.9. The molecule has 0 spiro atoms. The van der Waals surface area contributed by atoms with E-state index in [2.05, 4.69) is 28.2 Å². The molecule has 0 radical (unpaired) electrons. The van der Waals surface area contributed by atoms with Gasteiger partial charge in [-0.05, 0) is 46.5 Å². The summed E-state index contributed by atoms with van der Waals surface area (Å²) in [5.41, 5.74) is 6.88. The summed E-state index contributed by atoms with van der Waals surface area (Å²) in [5.74, 6) is 0.615. The van der Waals surface area contributed by atoms with E-state index in [0.717, 1.165) is 17.3 Å². The molecule has 1 fully saturated rings. The van der Waals surface area contributed by atoms with Gasteiger partial charge in [0.05, 0.1) is 5.56 Å². The molecule has 2 unspecified atom stereocenters. The van der Waals surface area contributed by atoms with Gasteiger partial charge in [0.15, 0.2) is 0 Å². The quantitative estimate of drug-likeness (QED) is 0.838. The first-order valence-corrected chi connectivity index (χ1v) is 6.27. The van der Waals surface area contributed by atoms with Crippen molar-refractivity contribution in [2.75, 3.05) is 5.73 Å². The summed E-state index contributed by atoms with van der Waals surface area (Å²) < 4.78 is 0.785. The van der Waals surface area contributed by atoms with Crippen molar-refractivity contribution in [3.8, 4) is 0 Å². The van der Waals surface area contributed by atoms with E-state index in [9.17, 15) is 4.79 Å². The van der Waals surface area contributed by atoms with Crippen LogP contribution in [0.1, 0.15) is 30.1 Å². The second-order valence-corrected chi connectivity index (χ2v) is 5.08. The first-order chi connectivity index (χ1) is 7.61. The van der Waals surface area contributed by atoms with Crippen molar-refractivity contribution in [3.05, 3.63) is 28.2 Å². The fourth-order valence-corrected chi connectivity index (χ4v) is 2.27. The van der Waals surface area contributed by atoms with Crippen molar-refractivity contribution in [1.29, 1.82) is 0 Å². The number of nitrogen functional groups attached to an aromatic ring is 1. The highest BCUT2D eigenvalue weighted by Gasteiger charge is 2.36. The number of benzene rings is 1. The third-order valence-corrected chi connectivity index (χ3v) is 3.69. The highest BCUT2D eigenvalue weighted by molar-refractivity contribution is 9.10. The molecule has 0 saturated heterocycles. The molecule has 1 aromatic carbocycles.